The fraction of sp³-hybridized carbons (Fsp3) is 0. The van der Waals surface area contributed by atoms with Gasteiger partial charge >= 0.3 is 0 Å². The van der Waals surface area contributed by atoms with Crippen molar-refractivity contribution in [3.8, 4) is 0 Å². The Morgan fingerprint density at radius 2 is 1.59 bits per heavy atom. The van der Waals surface area contributed by atoms with E-state index in [4.69, 9.17) is 12.2 Å². The van der Waals surface area contributed by atoms with Crippen molar-refractivity contribution in [3.05, 3.63) is 69.7 Å². The summed E-state index contributed by atoms with van der Waals surface area (Å²) >= 11 is 8.30. The quantitative estimate of drug-likeness (QED) is 0.629. The van der Waals surface area contributed by atoms with E-state index in [1.165, 1.54) is 5.37 Å². The van der Waals surface area contributed by atoms with Crippen LogP contribution in [-0.2, 0) is 0 Å². The average molecular weight is 305 g/mol. The zero-order valence-electron chi connectivity index (χ0n) is 8.89. The maximum Gasteiger partial charge on any atom is 0.194 e. The van der Waals surface area contributed by atoms with Gasteiger partial charge in [-0.25, -0.2) is 0 Å². The van der Waals surface area contributed by atoms with E-state index in [2.05, 4.69) is 15.9 Å². The van der Waals surface area contributed by atoms with E-state index in [9.17, 15) is 4.79 Å². The van der Waals surface area contributed by atoms with E-state index in [0.717, 1.165) is 10.0 Å². The molecule has 0 heterocycles. The molecule has 0 spiro atoms. The number of thiocarbonyl (C=S) groups is 1. The first-order valence-electron chi connectivity index (χ1n) is 5.07. The molecule has 0 saturated heterocycles. The second-order valence-corrected chi connectivity index (χ2v) is 4.60. The summed E-state index contributed by atoms with van der Waals surface area (Å²) in [5.41, 5.74) is 2.06. The van der Waals surface area contributed by atoms with Gasteiger partial charge < -0.3 is 0 Å². The van der Waals surface area contributed by atoms with Crippen LogP contribution in [0.25, 0.3) is 0 Å². The fourth-order valence-corrected chi connectivity index (χ4v) is 2.27. The minimum atomic E-state index is -0.0193. The van der Waals surface area contributed by atoms with Crippen LogP contribution in [0.15, 0.2) is 53.0 Å². The number of carbonyl (C=O) groups excluding carboxylic acids is 1. The van der Waals surface area contributed by atoms with Gasteiger partial charge in [0.05, 0.1) is 0 Å². The molecule has 0 aliphatic rings. The molecule has 0 radical (unpaired) electrons. The number of carbonyl (C=O) groups is 1. The lowest BCUT2D eigenvalue weighted by atomic mass is 9.99. The highest BCUT2D eigenvalue weighted by Gasteiger charge is 2.14. The van der Waals surface area contributed by atoms with Gasteiger partial charge in [0.2, 0.25) is 0 Å². The van der Waals surface area contributed by atoms with Crippen LogP contribution >= 0.6 is 28.1 Å². The highest BCUT2D eigenvalue weighted by molar-refractivity contribution is 9.10. The van der Waals surface area contributed by atoms with Crippen LogP contribution in [0.5, 0.6) is 0 Å². The Kier molecular flexibility index (Phi) is 3.82. The summed E-state index contributed by atoms with van der Waals surface area (Å²) in [6, 6.07) is 14.7. The van der Waals surface area contributed by atoms with Gasteiger partial charge in [-0.15, -0.1) is 0 Å². The number of benzene rings is 2. The molecule has 0 atom stereocenters. The Morgan fingerprint density at radius 3 is 2.24 bits per heavy atom. The smallest absolute Gasteiger partial charge is 0.194 e. The van der Waals surface area contributed by atoms with Gasteiger partial charge in [0.15, 0.2) is 5.78 Å². The van der Waals surface area contributed by atoms with Crippen LogP contribution in [0.4, 0.5) is 0 Å². The summed E-state index contributed by atoms with van der Waals surface area (Å²) in [7, 11) is 0. The summed E-state index contributed by atoms with van der Waals surface area (Å²) in [4.78, 5) is 12.4. The molecular weight excluding hydrogens is 296 g/mol. The van der Waals surface area contributed by atoms with Crippen LogP contribution < -0.4 is 0 Å². The summed E-state index contributed by atoms with van der Waals surface area (Å²) in [6.07, 6.45) is 0. The van der Waals surface area contributed by atoms with Crippen molar-refractivity contribution in [2.24, 2.45) is 0 Å². The van der Waals surface area contributed by atoms with E-state index in [1.54, 1.807) is 12.1 Å². The summed E-state index contributed by atoms with van der Waals surface area (Å²) in [5, 5.41) is 1.53. The van der Waals surface area contributed by atoms with Crippen LogP contribution in [-0.4, -0.2) is 11.2 Å². The maximum atomic E-state index is 12.4. The molecule has 0 aliphatic carbocycles. The molecule has 3 heteroatoms. The zero-order valence-corrected chi connectivity index (χ0v) is 11.3. The Balaban J connectivity index is 2.51. The molecule has 0 aliphatic heterocycles. The Morgan fingerprint density at radius 1 is 1.00 bits per heavy atom. The standard InChI is InChI=1S/C14H9BrOS/c15-13-8-4-3-7-12(13)14(16)11-6-2-1-5-10(11)9-17/h1-9H. The van der Waals surface area contributed by atoms with E-state index < -0.39 is 0 Å². The molecule has 2 aromatic rings. The Bertz CT molecular complexity index is 578. The number of hydrogen-bond donors (Lipinski definition) is 0. The Labute approximate surface area is 114 Å². The minimum absolute atomic E-state index is 0.0193. The SMILES string of the molecule is O=C(c1ccccc1Br)c1ccccc1C=S. The van der Waals surface area contributed by atoms with Crippen LogP contribution in [0.1, 0.15) is 21.5 Å². The summed E-state index contributed by atoms with van der Waals surface area (Å²) < 4.78 is 0.796. The van der Waals surface area contributed by atoms with E-state index in [0.29, 0.717) is 11.1 Å². The highest BCUT2D eigenvalue weighted by Crippen LogP contribution is 2.21. The van der Waals surface area contributed by atoms with Gasteiger partial charge in [0.25, 0.3) is 0 Å². The molecule has 1 nitrogen and oxygen atoms in total. The maximum absolute atomic E-state index is 12.4. The summed E-state index contributed by atoms with van der Waals surface area (Å²) in [5.74, 6) is -0.0193. The minimum Gasteiger partial charge on any atom is -0.289 e. The molecule has 0 aromatic heterocycles. The zero-order chi connectivity index (χ0) is 12.3. The second-order valence-electron chi connectivity index (χ2n) is 3.51. The third kappa shape index (κ3) is 2.51. The van der Waals surface area contributed by atoms with E-state index >= 15 is 0 Å². The van der Waals surface area contributed by atoms with Crippen molar-refractivity contribution < 1.29 is 4.79 Å². The molecule has 0 amide bonds. The third-order valence-electron chi connectivity index (χ3n) is 2.45. The van der Waals surface area contributed by atoms with Gasteiger partial charge in [0.1, 0.15) is 0 Å². The molecule has 0 unspecified atom stereocenters. The topological polar surface area (TPSA) is 17.1 Å². The molecule has 17 heavy (non-hydrogen) atoms. The van der Waals surface area contributed by atoms with Crippen molar-refractivity contribution >= 4 is 39.3 Å². The lowest BCUT2D eigenvalue weighted by Gasteiger charge is -2.06. The molecule has 0 N–H and O–H groups in total. The number of hydrogen-bond acceptors (Lipinski definition) is 2. The van der Waals surface area contributed by atoms with Crippen molar-refractivity contribution in [1.29, 1.82) is 0 Å². The largest absolute Gasteiger partial charge is 0.289 e. The average Bonchev–Trinajstić information content (AvgIpc) is 2.38. The molecule has 0 bridgehead atoms. The first-order chi connectivity index (χ1) is 8.24. The van der Waals surface area contributed by atoms with Gasteiger partial charge in [-0.05, 0) is 17.7 Å². The van der Waals surface area contributed by atoms with Crippen molar-refractivity contribution in [2.45, 2.75) is 0 Å². The predicted octanol–water partition coefficient (Wildman–Crippen LogP) is 4.03. The van der Waals surface area contributed by atoms with Crippen molar-refractivity contribution in [3.63, 3.8) is 0 Å². The third-order valence-corrected chi connectivity index (χ3v) is 3.40. The van der Waals surface area contributed by atoms with Crippen LogP contribution in [0.2, 0.25) is 0 Å². The highest BCUT2D eigenvalue weighted by atomic mass is 79.9. The van der Waals surface area contributed by atoms with Gasteiger partial charge in [-0.1, -0.05) is 64.5 Å². The van der Waals surface area contributed by atoms with Crippen LogP contribution in [0, 0.1) is 0 Å². The van der Waals surface area contributed by atoms with E-state index in [1.807, 2.05) is 36.4 Å². The predicted molar refractivity (Wildman–Crippen MR) is 76.8 cm³/mol. The normalized spacial score (nSPS) is 9.94. The number of rotatable bonds is 3. The van der Waals surface area contributed by atoms with Crippen LogP contribution in [0.3, 0.4) is 0 Å². The lowest BCUT2D eigenvalue weighted by molar-refractivity contribution is 0.103. The van der Waals surface area contributed by atoms with Crippen molar-refractivity contribution in [1.82, 2.24) is 0 Å². The first kappa shape index (κ1) is 12.1. The molecule has 0 fully saturated rings. The molecule has 2 aromatic carbocycles. The fourth-order valence-electron chi connectivity index (χ4n) is 1.60. The molecule has 2 rings (SSSR count). The molecule has 84 valence electrons. The lowest BCUT2D eigenvalue weighted by Crippen LogP contribution is -2.05. The van der Waals surface area contributed by atoms with Crippen molar-refractivity contribution in [2.75, 3.05) is 0 Å². The van der Waals surface area contributed by atoms with Gasteiger partial charge in [-0.2, -0.15) is 0 Å². The molecular formula is C14H9BrOS. The second kappa shape index (κ2) is 5.34. The molecule has 0 saturated carbocycles. The van der Waals surface area contributed by atoms with Gasteiger partial charge in [-0.3, -0.25) is 4.79 Å². The summed E-state index contributed by atoms with van der Waals surface area (Å²) in [6.45, 7) is 0. The number of halogens is 1. The number of ketones is 1. The van der Waals surface area contributed by atoms with E-state index in [-0.39, 0.29) is 5.78 Å². The van der Waals surface area contributed by atoms with Gasteiger partial charge in [0, 0.05) is 21.0 Å². The Hall–Kier alpha value is -1.32. The monoisotopic (exact) mass is 304 g/mol. The first-order valence-corrected chi connectivity index (χ1v) is 6.34.